The molecule has 0 spiro atoms. The van der Waals surface area contributed by atoms with Crippen molar-refractivity contribution in [1.82, 2.24) is 9.55 Å². The number of halogens is 1. The first kappa shape index (κ1) is 10.2. The molecule has 1 heterocycles. The number of fused-ring (bicyclic) bond motifs is 1. The molecular formula is C10H9BrN2O2. The van der Waals surface area contributed by atoms with Crippen molar-refractivity contribution in [2.24, 2.45) is 7.05 Å². The molecule has 5 heteroatoms. The zero-order valence-electron chi connectivity index (χ0n) is 8.32. The molecule has 0 aliphatic heterocycles. The number of ether oxygens (including phenoxy) is 1. The summed E-state index contributed by atoms with van der Waals surface area (Å²) >= 11 is 3.23. The molecule has 0 saturated heterocycles. The molecule has 2 aromatic rings. The standard InChI is InChI=1S/C10H9BrN2O2/c1-13-9(14)6-4-3-5-7(15-2)8(6)12-10(13)11/h3-5H,1-2H3. The summed E-state index contributed by atoms with van der Waals surface area (Å²) in [5, 5.41) is 0.556. The molecular weight excluding hydrogens is 260 g/mol. The molecule has 0 aliphatic rings. The fourth-order valence-corrected chi connectivity index (χ4v) is 1.75. The molecule has 0 atom stereocenters. The number of aromatic nitrogens is 2. The van der Waals surface area contributed by atoms with Gasteiger partial charge < -0.3 is 4.74 Å². The van der Waals surface area contributed by atoms with Gasteiger partial charge in [0, 0.05) is 7.05 Å². The lowest BCUT2D eigenvalue weighted by Gasteiger charge is -2.06. The molecule has 0 amide bonds. The lowest BCUT2D eigenvalue weighted by molar-refractivity contribution is 0.418. The van der Waals surface area contributed by atoms with Crippen LogP contribution in [0, 0.1) is 0 Å². The van der Waals surface area contributed by atoms with Gasteiger partial charge in [-0.1, -0.05) is 6.07 Å². The molecule has 0 fully saturated rings. The van der Waals surface area contributed by atoms with Crippen molar-refractivity contribution in [3.63, 3.8) is 0 Å². The molecule has 0 saturated carbocycles. The molecule has 78 valence electrons. The minimum atomic E-state index is -0.0919. The first-order chi connectivity index (χ1) is 7.15. The van der Waals surface area contributed by atoms with Crippen LogP contribution in [0.4, 0.5) is 0 Å². The Labute approximate surface area is 94.6 Å². The van der Waals surface area contributed by atoms with Gasteiger partial charge in [-0.25, -0.2) is 4.98 Å². The van der Waals surface area contributed by atoms with Crippen LogP contribution in [0.3, 0.4) is 0 Å². The van der Waals surface area contributed by atoms with Crippen LogP contribution >= 0.6 is 15.9 Å². The molecule has 0 N–H and O–H groups in total. The Bertz CT molecular complexity index is 577. The van der Waals surface area contributed by atoms with Gasteiger partial charge in [0.1, 0.15) is 11.3 Å². The normalized spacial score (nSPS) is 10.6. The summed E-state index contributed by atoms with van der Waals surface area (Å²) in [5.41, 5.74) is 0.487. The fourth-order valence-electron chi connectivity index (χ4n) is 1.41. The lowest BCUT2D eigenvalue weighted by atomic mass is 10.2. The Hall–Kier alpha value is -1.36. The topological polar surface area (TPSA) is 44.1 Å². The van der Waals surface area contributed by atoms with Gasteiger partial charge in [0.2, 0.25) is 0 Å². The molecule has 4 nitrogen and oxygen atoms in total. The highest BCUT2D eigenvalue weighted by Gasteiger charge is 2.09. The lowest BCUT2D eigenvalue weighted by Crippen LogP contribution is -2.19. The van der Waals surface area contributed by atoms with Crippen molar-refractivity contribution in [2.45, 2.75) is 0 Å². The van der Waals surface area contributed by atoms with Gasteiger partial charge in [-0.05, 0) is 28.1 Å². The van der Waals surface area contributed by atoms with Crippen molar-refractivity contribution in [1.29, 1.82) is 0 Å². The molecule has 1 aromatic heterocycles. The molecule has 2 rings (SSSR count). The first-order valence-electron chi connectivity index (χ1n) is 4.34. The van der Waals surface area contributed by atoms with Gasteiger partial charge in [-0.3, -0.25) is 9.36 Å². The van der Waals surface area contributed by atoms with Gasteiger partial charge in [0.05, 0.1) is 12.5 Å². The molecule has 0 radical (unpaired) electrons. The highest BCUT2D eigenvalue weighted by Crippen LogP contribution is 2.22. The molecule has 0 aliphatic carbocycles. The van der Waals surface area contributed by atoms with E-state index in [9.17, 15) is 4.79 Å². The Balaban J connectivity index is 2.98. The van der Waals surface area contributed by atoms with Crippen LogP contribution in [-0.4, -0.2) is 16.7 Å². The van der Waals surface area contributed by atoms with E-state index in [2.05, 4.69) is 20.9 Å². The van der Waals surface area contributed by atoms with E-state index >= 15 is 0 Å². The molecule has 0 unspecified atom stereocenters. The van der Waals surface area contributed by atoms with E-state index in [0.29, 0.717) is 21.4 Å². The fraction of sp³-hybridized carbons (Fsp3) is 0.200. The number of hydrogen-bond donors (Lipinski definition) is 0. The number of benzene rings is 1. The minimum Gasteiger partial charge on any atom is -0.494 e. The van der Waals surface area contributed by atoms with Crippen molar-refractivity contribution in [2.75, 3.05) is 7.11 Å². The Morgan fingerprint density at radius 1 is 1.47 bits per heavy atom. The third-order valence-electron chi connectivity index (χ3n) is 2.23. The van der Waals surface area contributed by atoms with E-state index in [0.717, 1.165) is 0 Å². The third-order valence-corrected chi connectivity index (χ3v) is 2.94. The van der Waals surface area contributed by atoms with Gasteiger partial charge in [-0.15, -0.1) is 0 Å². The van der Waals surface area contributed by atoms with E-state index in [-0.39, 0.29) is 5.56 Å². The number of nitrogens with zero attached hydrogens (tertiary/aromatic N) is 2. The van der Waals surface area contributed by atoms with Gasteiger partial charge in [-0.2, -0.15) is 0 Å². The minimum absolute atomic E-state index is 0.0919. The second-order valence-corrected chi connectivity index (χ2v) is 3.81. The summed E-state index contributed by atoms with van der Waals surface area (Å²) < 4.78 is 7.08. The molecule has 1 aromatic carbocycles. The third kappa shape index (κ3) is 1.52. The number of rotatable bonds is 1. The second-order valence-electron chi connectivity index (χ2n) is 3.10. The van der Waals surface area contributed by atoms with Crippen LogP contribution in [0.2, 0.25) is 0 Å². The Morgan fingerprint density at radius 2 is 2.20 bits per heavy atom. The van der Waals surface area contributed by atoms with Crippen LogP contribution in [0.5, 0.6) is 5.75 Å². The van der Waals surface area contributed by atoms with Crippen molar-refractivity contribution >= 4 is 26.8 Å². The first-order valence-corrected chi connectivity index (χ1v) is 5.13. The second kappa shape index (κ2) is 3.66. The van der Waals surface area contributed by atoms with Crippen LogP contribution < -0.4 is 10.3 Å². The van der Waals surface area contributed by atoms with Crippen LogP contribution in [0.25, 0.3) is 10.9 Å². The van der Waals surface area contributed by atoms with E-state index in [1.807, 2.05) is 0 Å². The smallest absolute Gasteiger partial charge is 0.261 e. The van der Waals surface area contributed by atoms with Gasteiger partial charge >= 0.3 is 0 Å². The molecule has 0 bridgehead atoms. The average Bonchev–Trinajstić information content (AvgIpc) is 2.25. The number of para-hydroxylation sites is 1. The SMILES string of the molecule is COc1cccc2c(=O)n(C)c(Br)nc12. The van der Waals surface area contributed by atoms with Crippen LogP contribution in [0.15, 0.2) is 27.7 Å². The van der Waals surface area contributed by atoms with Crippen molar-refractivity contribution < 1.29 is 4.74 Å². The monoisotopic (exact) mass is 268 g/mol. The van der Waals surface area contributed by atoms with E-state index < -0.39 is 0 Å². The van der Waals surface area contributed by atoms with Gasteiger partial charge in [0.15, 0.2) is 4.73 Å². The zero-order valence-corrected chi connectivity index (χ0v) is 9.91. The van der Waals surface area contributed by atoms with Gasteiger partial charge in [0.25, 0.3) is 5.56 Å². The summed E-state index contributed by atoms with van der Waals surface area (Å²) in [5.74, 6) is 0.603. The predicted molar refractivity (Wildman–Crippen MR) is 61.2 cm³/mol. The van der Waals surface area contributed by atoms with Crippen molar-refractivity contribution in [3.05, 3.63) is 33.3 Å². The summed E-state index contributed by atoms with van der Waals surface area (Å²) in [7, 11) is 3.22. The molecule has 15 heavy (non-hydrogen) atoms. The Kier molecular flexibility index (Phi) is 2.48. The summed E-state index contributed by atoms with van der Waals surface area (Å²) in [4.78, 5) is 16.1. The van der Waals surface area contributed by atoms with E-state index in [1.165, 1.54) is 4.57 Å². The van der Waals surface area contributed by atoms with E-state index in [4.69, 9.17) is 4.74 Å². The maximum absolute atomic E-state index is 11.9. The zero-order chi connectivity index (χ0) is 11.0. The number of hydrogen-bond acceptors (Lipinski definition) is 3. The van der Waals surface area contributed by atoms with Crippen molar-refractivity contribution in [3.8, 4) is 5.75 Å². The maximum Gasteiger partial charge on any atom is 0.261 e. The highest BCUT2D eigenvalue weighted by molar-refractivity contribution is 9.10. The number of methoxy groups -OCH3 is 1. The van der Waals surface area contributed by atoms with Crippen LogP contribution in [0.1, 0.15) is 0 Å². The Morgan fingerprint density at radius 3 is 2.87 bits per heavy atom. The predicted octanol–water partition coefficient (Wildman–Crippen LogP) is 1.70. The van der Waals surface area contributed by atoms with Crippen LogP contribution in [-0.2, 0) is 7.05 Å². The summed E-state index contributed by atoms with van der Waals surface area (Å²) in [6.07, 6.45) is 0. The average molecular weight is 269 g/mol. The van der Waals surface area contributed by atoms with E-state index in [1.54, 1.807) is 32.4 Å². The highest BCUT2D eigenvalue weighted by atomic mass is 79.9. The largest absolute Gasteiger partial charge is 0.494 e. The summed E-state index contributed by atoms with van der Waals surface area (Å²) in [6, 6.07) is 5.29. The summed E-state index contributed by atoms with van der Waals surface area (Å²) in [6.45, 7) is 0. The quantitative estimate of drug-likeness (QED) is 0.740. The maximum atomic E-state index is 11.9.